The van der Waals surface area contributed by atoms with E-state index in [1.165, 1.54) is 30.0 Å². The van der Waals surface area contributed by atoms with E-state index in [9.17, 15) is 14.0 Å². The van der Waals surface area contributed by atoms with E-state index < -0.39 is 11.7 Å². The Kier molecular flexibility index (Phi) is 8.80. The van der Waals surface area contributed by atoms with Gasteiger partial charge in [0.2, 0.25) is 0 Å². The van der Waals surface area contributed by atoms with Gasteiger partial charge in [-0.05, 0) is 53.4 Å². The fraction of sp³-hybridized carbons (Fsp3) is 0.156. The van der Waals surface area contributed by atoms with Gasteiger partial charge in [-0.15, -0.1) is 21.5 Å². The van der Waals surface area contributed by atoms with Crippen LogP contribution in [0.4, 0.5) is 4.39 Å². The maximum atomic E-state index is 14.1. The van der Waals surface area contributed by atoms with Crippen molar-refractivity contribution in [3.63, 3.8) is 0 Å². The Morgan fingerprint density at radius 3 is 2.50 bits per heavy atom. The van der Waals surface area contributed by atoms with Crippen LogP contribution < -0.4 is 10.1 Å². The summed E-state index contributed by atoms with van der Waals surface area (Å²) in [5, 5.41) is 20.2. The molecular weight excluding hydrogens is 600 g/mol. The number of thioether (sulfide) groups is 1. The highest BCUT2D eigenvalue weighted by Gasteiger charge is 2.33. The van der Waals surface area contributed by atoms with Crippen LogP contribution in [0.1, 0.15) is 39.1 Å². The first-order valence-electron chi connectivity index (χ1n) is 13.7. The van der Waals surface area contributed by atoms with Crippen molar-refractivity contribution in [1.82, 2.24) is 25.1 Å². The van der Waals surface area contributed by atoms with Gasteiger partial charge in [0.25, 0.3) is 11.8 Å². The summed E-state index contributed by atoms with van der Waals surface area (Å²) in [6.45, 7) is 0.00367. The molecule has 2 amide bonds. The number of nitrogens with zero attached hydrogens (tertiary/aromatic N) is 5. The minimum Gasteiger partial charge on any atom is -0.497 e. The Morgan fingerprint density at radius 2 is 1.77 bits per heavy atom. The fourth-order valence-electron chi connectivity index (χ4n) is 4.85. The number of methoxy groups -OCH3 is 1. The van der Waals surface area contributed by atoms with Gasteiger partial charge in [-0.1, -0.05) is 60.3 Å². The average molecular weight is 627 g/mol. The molecule has 0 aliphatic carbocycles. The summed E-state index contributed by atoms with van der Waals surface area (Å²) in [4.78, 5) is 27.4. The molecule has 1 aliphatic rings. The second-order valence-electron chi connectivity index (χ2n) is 9.78. The normalized spacial score (nSPS) is 14.4. The van der Waals surface area contributed by atoms with E-state index in [-0.39, 0.29) is 29.8 Å². The van der Waals surface area contributed by atoms with Crippen LogP contribution in [0.25, 0.3) is 5.69 Å². The van der Waals surface area contributed by atoms with E-state index >= 15 is 0 Å². The third-order valence-corrected chi connectivity index (χ3v) is 8.87. The molecule has 3 aromatic carbocycles. The van der Waals surface area contributed by atoms with Crippen molar-refractivity contribution in [2.45, 2.75) is 24.2 Å². The highest BCUT2D eigenvalue weighted by molar-refractivity contribution is 7.99. The van der Waals surface area contributed by atoms with Crippen molar-refractivity contribution < 1.29 is 18.7 Å². The van der Waals surface area contributed by atoms with Gasteiger partial charge in [0.05, 0.1) is 41.6 Å². The molecule has 0 spiro atoms. The van der Waals surface area contributed by atoms with Crippen molar-refractivity contribution in [2.24, 2.45) is 5.10 Å². The lowest BCUT2D eigenvalue weighted by Crippen LogP contribution is -2.28. The van der Waals surface area contributed by atoms with Gasteiger partial charge in [-0.25, -0.2) is 9.40 Å². The highest BCUT2D eigenvalue weighted by atomic mass is 32.2. The van der Waals surface area contributed by atoms with E-state index in [2.05, 4.69) is 15.5 Å². The molecule has 12 heteroatoms. The summed E-state index contributed by atoms with van der Waals surface area (Å²) < 4.78 is 21.2. The Labute approximate surface area is 261 Å². The number of hydrogen-bond donors (Lipinski definition) is 1. The number of halogens is 1. The van der Waals surface area contributed by atoms with Gasteiger partial charge >= 0.3 is 0 Å². The second-order valence-corrected chi connectivity index (χ2v) is 11.7. The van der Waals surface area contributed by atoms with Crippen molar-refractivity contribution in [3.8, 4) is 11.4 Å². The van der Waals surface area contributed by atoms with Gasteiger partial charge < -0.3 is 10.1 Å². The number of benzene rings is 3. The minimum absolute atomic E-state index is 0.00367. The minimum atomic E-state index is -0.607. The van der Waals surface area contributed by atoms with Crippen LogP contribution in [0.15, 0.2) is 107 Å². The van der Waals surface area contributed by atoms with E-state index in [4.69, 9.17) is 9.84 Å². The first-order chi connectivity index (χ1) is 21.5. The summed E-state index contributed by atoms with van der Waals surface area (Å²) in [5.41, 5.74) is 2.52. The predicted octanol–water partition coefficient (Wildman–Crippen LogP) is 5.88. The van der Waals surface area contributed by atoms with Crippen LogP contribution in [0, 0.1) is 5.82 Å². The molecule has 222 valence electrons. The van der Waals surface area contributed by atoms with Gasteiger partial charge in [-0.2, -0.15) is 5.10 Å². The summed E-state index contributed by atoms with van der Waals surface area (Å²) in [6.07, 6.45) is 0.593. The molecule has 0 radical (unpaired) electrons. The summed E-state index contributed by atoms with van der Waals surface area (Å²) in [7, 11) is 1.62. The van der Waals surface area contributed by atoms with E-state index in [0.717, 1.165) is 27.6 Å². The smallest absolute Gasteiger partial charge is 0.254 e. The Balaban J connectivity index is 1.22. The van der Waals surface area contributed by atoms with Gasteiger partial charge in [0.1, 0.15) is 11.6 Å². The molecular formula is C32H27FN6O3S2. The van der Waals surface area contributed by atoms with Crippen molar-refractivity contribution in [1.29, 1.82) is 0 Å². The number of para-hydroxylation sites is 1. The van der Waals surface area contributed by atoms with Crippen LogP contribution in [-0.2, 0) is 11.3 Å². The van der Waals surface area contributed by atoms with Gasteiger partial charge in [-0.3, -0.25) is 14.2 Å². The fourth-order valence-corrected chi connectivity index (χ4v) is 6.40. The van der Waals surface area contributed by atoms with Gasteiger partial charge in [0.15, 0.2) is 11.0 Å². The lowest BCUT2D eigenvalue weighted by molar-refractivity contribution is -0.130. The van der Waals surface area contributed by atoms with Crippen molar-refractivity contribution >= 4 is 40.6 Å². The zero-order chi connectivity index (χ0) is 30.5. The molecule has 1 atom stereocenters. The third-order valence-electron chi connectivity index (χ3n) is 7.04. The number of nitrogens with one attached hydrogen (secondary N) is 1. The summed E-state index contributed by atoms with van der Waals surface area (Å²) in [5.74, 6) is -0.121. The monoisotopic (exact) mass is 626 g/mol. The number of aromatic nitrogens is 3. The number of rotatable bonds is 10. The molecule has 0 bridgehead atoms. The van der Waals surface area contributed by atoms with Crippen LogP contribution in [0.2, 0.25) is 0 Å². The molecule has 44 heavy (non-hydrogen) atoms. The molecule has 1 N–H and O–H groups in total. The maximum absolute atomic E-state index is 14.1. The molecule has 5 aromatic rings. The van der Waals surface area contributed by atoms with E-state index in [1.807, 2.05) is 72.1 Å². The van der Waals surface area contributed by atoms with Crippen LogP contribution in [-0.4, -0.2) is 50.2 Å². The molecule has 0 saturated carbocycles. The second kappa shape index (κ2) is 13.2. The lowest BCUT2D eigenvalue weighted by atomic mass is 10.0. The predicted molar refractivity (Wildman–Crippen MR) is 168 cm³/mol. The molecule has 3 heterocycles. The topological polar surface area (TPSA) is 102 Å². The molecule has 2 aromatic heterocycles. The highest BCUT2D eigenvalue weighted by Crippen LogP contribution is 2.35. The average Bonchev–Trinajstić information content (AvgIpc) is 3.83. The molecule has 1 aliphatic heterocycles. The molecule has 0 fully saturated rings. The number of ether oxygens (including phenoxy) is 1. The largest absolute Gasteiger partial charge is 0.497 e. The third kappa shape index (κ3) is 6.26. The van der Waals surface area contributed by atoms with Crippen molar-refractivity contribution in [3.05, 3.63) is 124 Å². The van der Waals surface area contributed by atoms with E-state index in [1.54, 1.807) is 34.1 Å². The summed E-state index contributed by atoms with van der Waals surface area (Å²) >= 11 is 2.82. The molecule has 9 nitrogen and oxygen atoms in total. The Bertz CT molecular complexity index is 1790. The van der Waals surface area contributed by atoms with Crippen molar-refractivity contribution in [2.75, 3.05) is 12.9 Å². The van der Waals surface area contributed by atoms with Gasteiger partial charge in [0, 0.05) is 12.1 Å². The zero-order valence-corrected chi connectivity index (χ0v) is 25.2. The van der Waals surface area contributed by atoms with Crippen LogP contribution >= 0.6 is 23.1 Å². The maximum Gasteiger partial charge on any atom is 0.254 e. The zero-order valence-electron chi connectivity index (χ0n) is 23.6. The first kappa shape index (κ1) is 29.3. The summed E-state index contributed by atoms with van der Waals surface area (Å²) in [6, 6.07) is 26.6. The quantitative estimate of drug-likeness (QED) is 0.195. The number of hydrazone groups is 1. The number of carbonyl (C=O) groups excluding carboxylic acids is 2. The SMILES string of the molecule is COc1ccc(C2CC(c3cccs3)=NN2C(=O)CSc2nnc(CNC(=O)c3ccccc3F)n2-c2ccccc2)cc1. The first-order valence-corrected chi connectivity index (χ1v) is 15.6. The lowest BCUT2D eigenvalue weighted by Gasteiger charge is -2.22. The number of carbonyl (C=O) groups is 2. The number of hydrogen-bond acceptors (Lipinski definition) is 8. The molecule has 1 unspecified atom stereocenters. The Morgan fingerprint density at radius 1 is 1.00 bits per heavy atom. The van der Waals surface area contributed by atoms with E-state index in [0.29, 0.717) is 17.4 Å². The molecule has 0 saturated heterocycles. The Hall–Kier alpha value is -4.81. The van der Waals surface area contributed by atoms with Crippen LogP contribution in [0.3, 0.4) is 0 Å². The standard InChI is InChI=1S/C32H27FN6O3S2/c1-42-23-15-13-21(14-16-23)27-18-26(28-12-7-17-43-28)37-39(27)30(40)20-44-32-36-35-29(38(32)22-8-3-2-4-9-22)19-34-31(41)24-10-5-6-11-25(24)33/h2-17,27H,18-20H2,1H3,(H,34,41). The molecule has 6 rings (SSSR count). The van der Waals surface area contributed by atoms with Crippen LogP contribution in [0.5, 0.6) is 5.75 Å². The number of thiophene rings is 1. The number of amides is 2.